The van der Waals surface area contributed by atoms with E-state index in [0.29, 0.717) is 19.0 Å². The number of carbonyl (C=O) groups is 1. The normalized spacial score (nSPS) is 14.7. The molecule has 1 aromatic heterocycles. The zero-order valence-electron chi connectivity index (χ0n) is 15.3. The van der Waals surface area contributed by atoms with Gasteiger partial charge in [-0.3, -0.25) is 4.79 Å². The van der Waals surface area contributed by atoms with Gasteiger partial charge in [-0.1, -0.05) is 48.5 Å². The van der Waals surface area contributed by atoms with Crippen LogP contribution in [-0.4, -0.2) is 12.5 Å². The molecule has 0 bridgehead atoms. The van der Waals surface area contributed by atoms with Crippen molar-refractivity contribution in [2.24, 2.45) is 5.92 Å². The third-order valence-electron chi connectivity index (χ3n) is 4.99. The van der Waals surface area contributed by atoms with Crippen molar-refractivity contribution < 1.29 is 9.21 Å². The lowest BCUT2D eigenvalue weighted by Gasteiger charge is -2.24. The zero-order chi connectivity index (χ0) is 18.5. The lowest BCUT2D eigenvalue weighted by Crippen LogP contribution is -2.39. The van der Waals surface area contributed by atoms with Gasteiger partial charge in [0.2, 0.25) is 5.91 Å². The maximum Gasteiger partial charge on any atom is 0.241 e. The van der Waals surface area contributed by atoms with Gasteiger partial charge in [0.25, 0.3) is 0 Å². The summed E-state index contributed by atoms with van der Waals surface area (Å²) in [5.74, 6) is 1.43. The second-order valence-corrected chi connectivity index (χ2v) is 7.00. The maximum atomic E-state index is 13.1. The van der Waals surface area contributed by atoms with E-state index < -0.39 is 0 Å². The SMILES string of the molecule is O=C(CNC(c1ccccc1)C1CC1)N(Cc1ccco1)c1ccccc1. The highest BCUT2D eigenvalue weighted by molar-refractivity contribution is 5.94. The molecule has 1 saturated carbocycles. The van der Waals surface area contributed by atoms with Gasteiger partial charge in [0.05, 0.1) is 19.4 Å². The summed E-state index contributed by atoms with van der Waals surface area (Å²) in [7, 11) is 0. The van der Waals surface area contributed by atoms with Gasteiger partial charge in [-0.25, -0.2) is 0 Å². The fraction of sp³-hybridized carbons (Fsp3) is 0.261. The summed E-state index contributed by atoms with van der Waals surface area (Å²) in [4.78, 5) is 14.8. The second kappa shape index (κ2) is 8.23. The van der Waals surface area contributed by atoms with E-state index in [1.807, 2.05) is 48.5 Å². The molecule has 1 heterocycles. The number of nitrogens with one attached hydrogen (secondary N) is 1. The van der Waals surface area contributed by atoms with Gasteiger partial charge in [-0.15, -0.1) is 0 Å². The molecule has 1 aliphatic carbocycles. The summed E-state index contributed by atoms with van der Waals surface area (Å²) in [6, 6.07) is 24.1. The van der Waals surface area contributed by atoms with Crippen LogP contribution in [0.5, 0.6) is 0 Å². The first-order chi connectivity index (χ1) is 13.3. The molecule has 0 spiro atoms. The Morgan fingerprint density at radius 1 is 1.00 bits per heavy atom. The van der Waals surface area contributed by atoms with Gasteiger partial charge in [0.15, 0.2) is 0 Å². The smallest absolute Gasteiger partial charge is 0.241 e. The number of rotatable bonds is 8. The van der Waals surface area contributed by atoms with Crippen molar-refractivity contribution in [2.75, 3.05) is 11.4 Å². The van der Waals surface area contributed by atoms with Crippen LogP contribution in [0, 0.1) is 5.92 Å². The molecule has 4 rings (SSSR count). The molecule has 27 heavy (non-hydrogen) atoms. The fourth-order valence-electron chi connectivity index (χ4n) is 3.43. The summed E-state index contributed by atoms with van der Waals surface area (Å²) in [5.41, 5.74) is 2.13. The van der Waals surface area contributed by atoms with E-state index in [-0.39, 0.29) is 11.9 Å². The average molecular weight is 360 g/mol. The predicted octanol–water partition coefficient (Wildman–Crippen LogP) is 4.55. The molecule has 1 amide bonds. The third-order valence-corrected chi connectivity index (χ3v) is 4.99. The summed E-state index contributed by atoms with van der Waals surface area (Å²) in [5, 5.41) is 3.51. The van der Waals surface area contributed by atoms with Crippen LogP contribution < -0.4 is 10.2 Å². The number of furan rings is 1. The van der Waals surface area contributed by atoms with Crippen LogP contribution >= 0.6 is 0 Å². The molecule has 0 radical (unpaired) electrons. The molecule has 4 heteroatoms. The molecule has 1 N–H and O–H groups in total. The topological polar surface area (TPSA) is 45.5 Å². The molecule has 1 atom stereocenters. The third kappa shape index (κ3) is 4.47. The average Bonchev–Trinajstić information content (AvgIpc) is 3.42. The van der Waals surface area contributed by atoms with Gasteiger partial charge >= 0.3 is 0 Å². The van der Waals surface area contributed by atoms with Crippen molar-refractivity contribution in [1.82, 2.24) is 5.32 Å². The number of benzene rings is 2. The van der Waals surface area contributed by atoms with Crippen molar-refractivity contribution in [2.45, 2.75) is 25.4 Å². The highest BCUT2D eigenvalue weighted by Crippen LogP contribution is 2.40. The maximum absolute atomic E-state index is 13.1. The minimum Gasteiger partial charge on any atom is -0.467 e. The summed E-state index contributed by atoms with van der Waals surface area (Å²) >= 11 is 0. The second-order valence-electron chi connectivity index (χ2n) is 7.00. The molecule has 1 unspecified atom stereocenters. The van der Waals surface area contributed by atoms with Crippen LogP contribution in [0.4, 0.5) is 5.69 Å². The quantitative estimate of drug-likeness (QED) is 0.641. The minimum absolute atomic E-state index is 0.0409. The van der Waals surface area contributed by atoms with E-state index in [0.717, 1.165) is 11.4 Å². The molecule has 138 valence electrons. The van der Waals surface area contributed by atoms with E-state index in [9.17, 15) is 4.79 Å². The Morgan fingerprint density at radius 2 is 1.70 bits per heavy atom. The first-order valence-electron chi connectivity index (χ1n) is 9.47. The highest BCUT2D eigenvalue weighted by Gasteiger charge is 2.32. The molecule has 2 aromatic carbocycles. The monoisotopic (exact) mass is 360 g/mol. The molecule has 1 aliphatic rings. The van der Waals surface area contributed by atoms with Crippen molar-refractivity contribution in [3.63, 3.8) is 0 Å². The van der Waals surface area contributed by atoms with Gasteiger partial charge in [-0.05, 0) is 48.6 Å². The van der Waals surface area contributed by atoms with Crippen molar-refractivity contribution in [1.29, 1.82) is 0 Å². The molecule has 4 nitrogen and oxygen atoms in total. The van der Waals surface area contributed by atoms with Gasteiger partial charge in [0.1, 0.15) is 5.76 Å². The molecule has 0 aliphatic heterocycles. The summed E-state index contributed by atoms with van der Waals surface area (Å²) in [6.45, 7) is 0.725. The highest BCUT2D eigenvalue weighted by atomic mass is 16.3. The molecular formula is C23H24N2O2. The van der Waals surface area contributed by atoms with E-state index in [1.165, 1.54) is 18.4 Å². The number of nitrogens with zero attached hydrogens (tertiary/aromatic N) is 1. The molecule has 0 saturated heterocycles. The van der Waals surface area contributed by atoms with Crippen LogP contribution in [0.2, 0.25) is 0 Å². The van der Waals surface area contributed by atoms with Crippen LogP contribution in [0.15, 0.2) is 83.5 Å². The van der Waals surface area contributed by atoms with Crippen molar-refractivity contribution >= 4 is 11.6 Å². The number of carbonyl (C=O) groups excluding carboxylic acids is 1. The minimum atomic E-state index is 0.0409. The Balaban J connectivity index is 1.48. The summed E-state index contributed by atoms with van der Waals surface area (Å²) < 4.78 is 5.46. The van der Waals surface area contributed by atoms with E-state index in [4.69, 9.17) is 4.42 Å². The fourth-order valence-corrected chi connectivity index (χ4v) is 3.43. The van der Waals surface area contributed by atoms with Crippen LogP contribution in [0.25, 0.3) is 0 Å². The lowest BCUT2D eigenvalue weighted by molar-refractivity contribution is -0.118. The number of hydrogen-bond acceptors (Lipinski definition) is 3. The van der Waals surface area contributed by atoms with Crippen molar-refractivity contribution in [3.05, 3.63) is 90.4 Å². The standard InChI is InChI=1S/C23H24N2O2/c26-22(16-24-23(19-13-14-19)18-8-3-1-4-9-18)25(17-21-12-7-15-27-21)20-10-5-2-6-11-20/h1-12,15,19,23-24H,13-14,16-17H2. The van der Waals surface area contributed by atoms with E-state index in [2.05, 4.69) is 29.6 Å². The van der Waals surface area contributed by atoms with Crippen LogP contribution in [-0.2, 0) is 11.3 Å². The molecule has 3 aromatic rings. The first kappa shape index (κ1) is 17.6. The van der Waals surface area contributed by atoms with E-state index in [1.54, 1.807) is 11.2 Å². The zero-order valence-corrected chi connectivity index (χ0v) is 15.3. The Labute approximate surface area is 159 Å². The Bertz CT molecular complexity index is 843. The number of amides is 1. The predicted molar refractivity (Wildman–Crippen MR) is 106 cm³/mol. The van der Waals surface area contributed by atoms with Crippen LogP contribution in [0.3, 0.4) is 0 Å². The molecule has 1 fully saturated rings. The van der Waals surface area contributed by atoms with Crippen LogP contribution in [0.1, 0.15) is 30.2 Å². The Hall–Kier alpha value is -2.85. The Morgan fingerprint density at radius 3 is 2.33 bits per heavy atom. The molecular weight excluding hydrogens is 336 g/mol. The number of anilines is 1. The van der Waals surface area contributed by atoms with Gasteiger partial charge in [0, 0.05) is 11.7 Å². The number of para-hydroxylation sites is 1. The van der Waals surface area contributed by atoms with Gasteiger partial charge < -0.3 is 14.6 Å². The lowest BCUT2D eigenvalue weighted by atomic mass is 10.0. The summed E-state index contributed by atoms with van der Waals surface area (Å²) in [6.07, 6.45) is 4.07. The largest absolute Gasteiger partial charge is 0.467 e. The van der Waals surface area contributed by atoms with Gasteiger partial charge in [-0.2, -0.15) is 0 Å². The number of hydrogen-bond donors (Lipinski definition) is 1. The first-order valence-corrected chi connectivity index (χ1v) is 9.47. The van der Waals surface area contributed by atoms with E-state index >= 15 is 0 Å². The Kier molecular flexibility index (Phi) is 5.35. The van der Waals surface area contributed by atoms with Crippen molar-refractivity contribution in [3.8, 4) is 0 Å².